The van der Waals surface area contributed by atoms with Gasteiger partial charge in [0.15, 0.2) is 11.6 Å². The standard InChI is InChI=1S/C32H43ClN6O.C22H26N6O/c1-24-19-30(40-28-9-14-37(15-10-28)22-25-5-3-2-4-6-25)35-36-31(24)38-16-11-32(12-17-38)13-18-39(23-32)27-8-7-26(21-34)29(33)20-27;1-14-9-21-16(10-18(14)17-11-23-26(3)12-17)5-4-7-28(21)22-19-13-27(15(2)29)8-6-20(19)24-25-22/h7-8,19-20,25,28H,2-6,9-18,22-23H2,1H3;9-12H,4-8,13H2,1-3H3,(H,24,25). The fourth-order valence-electron chi connectivity index (χ4n) is 12.1. The first-order valence-corrected chi connectivity index (χ1v) is 26.0. The first-order valence-electron chi connectivity index (χ1n) is 25.7. The number of carbonyl (C=O) groups excluding carboxylic acids is 1. The summed E-state index contributed by atoms with van der Waals surface area (Å²) in [5.74, 6) is 3.68. The number of rotatable bonds is 8. The topological polar surface area (TPSA) is 139 Å². The SMILES string of the molecule is CC(=O)N1CCc2[nH]nc(N3CCCc4cc(-c5cnn(C)c5)c(C)cc43)c2C1.Cc1cc(OC2CCN(CC3CCCCC3)CC2)nnc1N1CCC2(CCN(c3ccc(C#N)c(Cl)c3)C2)CC1. The van der Waals surface area contributed by atoms with Crippen molar-refractivity contribution < 1.29 is 9.53 Å². The highest BCUT2D eigenvalue weighted by Crippen LogP contribution is 2.44. The Morgan fingerprint density at radius 3 is 2.38 bits per heavy atom. The highest BCUT2D eigenvalue weighted by Gasteiger charge is 2.41. The van der Waals surface area contributed by atoms with Gasteiger partial charge in [0.2, 0.25) is 11.8 Å². The van der Waals surface area contributed by atoms with Crippen molar-refractivity contribution >= 4 is 40.5 Å². The number of hydrogen-bond donors (Lipinski definition) is 1. The van der Waals surface area contributed by atoms with E-state index < -0.39 is 0 Å². The number of halogens is 1. The van der Waals surface area contributed by atoms with Crippen molar-refractivity contribution in [3.63, 3.8) is 0 Å². The van der Waals surface area contributed by atoms with E-state index in [4.69, 9.17) is 16.3 Å². The molecule has 0 unspecified atom stereocenters. The summed E-state index contributed by atoms with van der Waals surface area (Å²) in [6, 6.07) is 14.6. The molecule has 15 heteroatoms. The van der Waals surface area contributed by atoms with Crippen molar-refractivity contribution in [1.82, 2.24) is 40.0 Å². The lowest BCUT2D eigenvalue weighted by atomic mass is 9.77. The Bertz CT molecular complexity index is 2670. The number of aryl methyl sites for hydroxylation is 4. The average Bonchev–Trinajstić information content (AvgIpc) is 4.11. The number of carbonyl (C=O) groups is 1. The average molecular weight is 954 g/mol. The largest absolute Gasteiger partial charge is 0.473 e. The Hall–Kier alpha value is -5.65. The van der Waals surface area contributed by atoms with Gasteiger partial charge in [0.05, 0.1) is 23.3 Å². The van der Waals surface area contributed by atoms with Gasteiger partial charge in [-0.1, -0.05) is 30.9 Å². The lowest BCUT2D eigenvalue weighted by Crippen LogP contribution is -2.42. The minimum atomic E-state index is 0.124. The maximum Gasteiger partial charge on any atom is 0.234 e. The van der Waals surface area contributed by atoms with E-state index in [1.54, 1.807) is 6.92 Å². The monoisotopic (exact) mass is 953 g/mol. The summed E-state index contributed by atoms with van der Waals surface area (Å²) in [7, 11) is 1.95. The van der Waals surface area contributed by atoms with Crippen LogP contribution in [0.4, 0.5) is 23.0 Å². The normalized spacial score (nSPS) is 19.8. The van der Waals surface area contributed by atoms with Crippen molar-refractivity contribution in [3.05, 3.63) is 87.3 Å². The second kappa shape index (κ2) is 20.4. The third kappa shape index (κ3) is 10.3. The van der Waals surface area contributed by atoms with Crippen molar-refractivity contribution in [2.75, 3.05) is 73.6 Å². The molecule has 4 fully saturated rings. The van der Waals surface area contributed by atoms with Gasteiger partial charge in [-0.25, -0.2) is 0 Å². The first kappa shape index (κ1) is 47.0. The van der Waals surface area contributed by atoms with Crippen LogP contribution in [0.5, 0.6) is 5.88 Å². The predicted molar refractivity (Wildman–Crippen MR) is 272 cm³/mol. The summed E-state index contributed by atoms with van der Waals surface area (Å²) in [6.07, 6.45) is 20.0. The van der Waals surface area contributed by atoms with Gasteiger partial charge in [0.25, 0.3) is 0 Å². The number of anilines is 4. The summed E-state index contributed by atoms with van der Waals surface area (Å²) in [4.78, 5) is 23.6. The number of hydrogen-bond acceptors (Lipinski definition) is 11. The van der Waals surface area contributed by atoms with E-state index in [1.807, 2.05) is 41.0 Å². The third-order valence-electron chi connectivity index (χ3n) is 16.2. The number of amides is 1. The number of likely N-dealkylation sites (tertiary alicyclic amines) is 1. The molecule has 11 rings (SSSR count). The van der Waals surface area contributed by atoms with E-state index in [1.165, 1.54) is 67.4 Å². The van der Waals surface area contributed by atoms with Gasteiger partial charge in [-0.3, -0.25) is 14.6 Å². The molecule has 0 atom stereocenters. The van der Waals surface area contributed by atoms with Gasteiger partial charge in [0, 0.05) is 120 Å². The molecule has 1 N–H and O–H groups in total. The number of benzene rings is 2. The van der Waals surface area contributed by atoms with Crippen LogP contribution < -0.4 is 19.4 Å². The molecule has 1 aliphatic carbocycles. The lowest BCUT2D eigenvalue weighted by Gasteiger charge is -2.40. The van der Waals surface area contributed by atoms with Crippen molar-refractivity contribution in [2.45, 2.75) is 117 Å². The number of H-pyrrole nitrogens is 1. The van der Waals surface area contributed by atoms with Crippen LogP contribution in [-0.4, -0.2) is 111 Å². The number of aromatic amines is 1. The fourth-order valence-corrected chi connectivity index (χ4v) is 12.3. The van der Waals surface area contributed by atoms with Gasteiger partial charge in [-0.2, -0.15) is 15.5 Å². The third-order valence-corrected chi connectivity index (χ3v) is 16.5. The first-order chi connectivity index (χ1) is 33.5. The van der Waals surface area contributed by atoms with Gasteiger partial charge in [-0.05, 0) is 136 Å². The number of nitrogens with one attached hydrogen (secondary N) is 1. The number of ether oxygens (including phenoxy) is 1. The van der Waals surface area contributed by atoms with Crippen LogP contribution in [0.25, 0.3) is 11.1 Å². The van der Waals surface area contributed by atoms with Crippen LogP contribution in [0.15, 0.2) is 48.8 Å². The molecule has 69 heavy (non-hydrogen) atoms. The van der Waals surface area contributed by atoms with E-state index in [9.17, 15) is 10.1 Å². The minimum Gasteiger partial charge on any atom is -0.473 e. The molecule has 8 heterocycles. The molecule has 0 radical (unpaired) electrons. The maximum absolute atomic E-state index is 11.9. The smallest absolute Gasteiger partial charge is 0.234 e. The van der Waals surface area contributed by atoms with Crippen LogP contribution in [0.3, 0.4) is 0 Å². The van der Waals surface area contributed by atoms with Crippen molar-refractivity contribution in [1.29, 1.82) is 5.26 Å². The molecule has 0 bridgehead atoms. The highest BCUT2D eigenvalue weighted by atomic mass is 35.5. The van der Waals surface area contributed by atoms with E-state index in [0.717, 1.165) is 143 Å². The summed E-state index contributed by atoms with van der Waals surface area (Å²) in [5, 5.41) is 31.1. The van der Waals surface area contributed by atoms with Crippen LogP contribution in [-0.2, 0) is 31.2 Å². The van der Waals surface area contributed by atoms with Gasteiger partial charge in [0.1, 0.15) is 12.2 Å². The van der Waals surface area contributed by atoms with Crippen LogP contribution in [0, 0.1) is 36.5 Å². The summed E-state index contributed by atoms with van der Waals surface area (Å²) in [6.45, 7) is 15.9. The number of piperidine rings is 2. The molecule has 14 nitrogen and oxygen atoms in total. The predicted octanol–water partition coefficient (Wildman–Crippen LogP) is 9.34. The van der Waals surface area contributed by atoms with E-state index in [-0.39, 0.29) is 12.0 Å². The number of nitriles is 1. The minimum absolute atomic E-state index is 0.124. The Labute approximate surface area is 412 Å². The fraction of sp³-hybridized carbons (Fsp3) is 0.556. The molecule has 364 valence electrons. The molecule has 1 spiro atoms. The van der Waals surface area contributed by atoms with Gasteiger partial charge >= 0.3 is 0 Å². The zero-order chi connectivity index (χ0) is 47.6. The lowest BCUT2D eigenvalue weighted by molar-refractivity contribution is -0.129. The molecule has 5 aromatic rings. The van der Waals surface area contributed by atoms with Crippen molar-refractivity contribution in [2.24, 2.45) is 18.4 Å². The summed E-state index contributed by atoms with van der Waals surface area (Å²) < 4.78 is 8.16. The van der Waals surface area contributed by atoms with E-state index >= 15 is 0 Å². The Kier molecular flexibility index (Phi) is 13.9. The number of aromatic nitrogens is 6. The van der Waals surface area contributed by atoms with Crippen LogP contribution in [0.2, 0.25) is 5.02 Å². The molecule has 3 saturated heterocycles. The van der Waals surface area contributed by atoms with E-state index in [2.05, 4.69) is 89.4 Å². The molecule has 2 aromatic carbocycles. The Morgan fingerprint density at radius 1 is 0.884 bits per heavy atom. The highest BCUT2D eigenvalue weighted by molar-refractivity contribution is 6.32. The molecule has 6 aliphatic rings. The summed E-state index contributed by atoms with van der Waals surface area (Å²) in [5.41, 5.74) is 11.7. The number of nitrogens with zero attached hydrogens (tertiary/aromatic N) is 11. The van der Waals surface area contributed by atoms with Gasteiger partial charge < -0.3 is 29.2 Å². The maximum atomic E-state index is 11.9. The zero-order valence-corrected chi connectivity index (χ0v) is 41.9. The zero-order valence-electron chi connectivity index (χ0n) is 41.2. The van der Waals surface area contributed by atoms with E-state index in [0.29, 0.717) is 28.4 Å². The number of fused-ring (bicyclic) bond motifs is 2. The molecular weight excluding hydrogens is 884 g/mol. The molecule has 1 saturated carbocycles. The van der Waals surface area contributed by atoms with Crippen LogP contribution >= 0.6 is 11.6 Å². The second-order valence-corrected chi connectivity index (χ2v) is 21.3. The Morgan fingerprint density at radius 2 is 1.67 bits per heavy atom. The molecule has 5 aliphatic heterocycles. The summed E-state index contributed by atoms with van der Waals surface area (Å²) >= 11 is 6.31. The molecule has 3 aromatic heterocycles. The second-order valence-electron chi connectivity index (χ2n) is 20.9. The Balaban J connectivity index is 0.000000169. The van der Waals surface area contributed by atoms with Gasteiger partial charge in [-0.15, -0.1) is 10.2 Å². The molecule has 1 amide bonds. The quantitative estimate of drug-likeness (QED) is 0.159. The van der Waals surface area contributed by atoms with Crippen molar-refractivity contribution in [3.8, 4) is 23.1 Å². The van der Waals surface area contributed by atoms with Crippen LogP contribution in [0.1, 0.15) is 111 Å². The molecular formula is C54H69ClN12O2.